The second-order valence-corrected chi connectivity index (χ2v) is 4.97. The first-order valence-corrected chi connectivity index (χ1v) is 5.95. The summed E-state index contributed by atoms with van der Waals surface area (Å²) in [6.07, 6.45) is 4.35. The molecule has 1 aromatic carbocycles. The van der Waals surface area contributed by atoms with E-state index >= 15 is 0 Å². The first-order valence-electron chi connectivity index (χ1n) is 5.95. The van der Waals surface area contributed by atoms with Gasteiger partial charge in [0.2, 0.25) is 0 Å². The lowest BCUT2D eigenvalue weighted by Crippen LogP contribution is -2.17. The highest BCUT2D eigenvalue weighted by atomic mass is 16.3. The molecule has 15 heavy (non-hydrogen) atoms. The van der Waals surface area contributed by atoms with E-state index in [0.29, 0.717) is 5.92 Å². The molecule has 0 aliphatic heterocycles. The van der Waals surface area contributed by atoms with Gasteiger partial charge in [0, 0.05) is 0 Å². The van der Waals surface area contributed by atoms with Crippen molar-refractivity contribution in [2.24, 2.45) is 5.92 Å². The summed E-state index contributed by atoms with van der Waals surface area (Å²) in [5, 5.41) is 9.83. The van der Waals surface area contributed by atoms with Crippen LogP contribution in [0.3, 0.4) is 0 Å². The summed E-state index contributed by atoms with van der Waals surface area (Å²) in [7, 11) is 0. The molecule has 0 spiro atoms. The van der Waals surface area contributed by atoms with Crippen molar-refractivity contribution in [2.45, 2.75) is 45.6 Å². The second kappa shape index (κ2) is 4.36. The van der Waals surface area contributed by atoms with Gasteiger partial charge in [0.25, 0.3) is 0 Å². The molecule has 82 valence electrons. The Kier molecular flexibility index (Phi) is 3.11. The number of hydrogen-bond donors (Lipinski definition) is 1. The Balaban J connectivity index is 2.10. The summed E-state index contributed by atoms with van der Waals surface area (Å²) in [6, 6.07) is 6.70. The lowest BCUT2D eigenvalue weighted by atomic mass is 9.97. The van der Waals surface area contributed by atoms with Gasteiger partial charge in [-0.15, -0.1) is 0 Å². The number of fused-ring (bicyclic) bond motifs is 1. The summed E-state index contributed by atoms with van der Waals surface area (Å²) < 4.78 is 0. The maximum absolute atomic E-state index is 9.83. The predicted octanol–water partition coefficient (Wildman–Crippen LogP) is 2.73. The summed E-state index contributed by atoms with van der Waals surface area (Å²) in [4.78, 5) is 0. The van der Waals surface area contributed by atoms with E-state index in [2.05, 4.69) is 32.0 Å². The average molecular weight is 204 g/mol. The smallest absolute Gasteiger partial charge is 0.0603 e. The van der Waals surface area contributed by atoms with Crippen LogP contribution in [0.25, 0.3) is 0 Å². The fourth-order valence-electron chi connectivity index (χ4n) is 2.23. The van der Waals surface area contributed by atoms with Gasteiger partial charge in [-0.2, -0.15) is 0 Å². The van der Waals surface area contributed by atoms with Gasteiger partial charge in [-0.05, 0) is 48.3 Å². The number of aliphatic hydroxyl groups excluding tert-OH is 1. The Morgan fingerprint density at radius 1 is 1.20 bits per heavy atom. The normalized spacial score (nSPS) is 16.8. The molecule has 1 nitrogen and oxygen atoms in total. The predicted molar refractivity (Wildman–Crippen MR) is 63.0 cm³/mol. The Labute approximate surface area is 92.1 Å². The molecule has 0 heterocycles. The summed E-state index contributed by atoms with van der Waals surface area (Å²) in [5.41, 5.74) is 4.30. The SMILES string of the molecule is CC(C)C(O)Cc1ccc2c(c1)CCC2. The van der Waals surface area contributed by atoms with Crippen molar-refractivity contribution in [1.82, 2.24) is 0 Å². The van der Waals surface area contributed by atoms with E-state index in [1.165, 1.54) is 36.0 Å². The van der Waals surface area contributed by atoms with E-state index in [4.69, 9.17) is 0 Å². The molecular weight excluding hydrogens is 184 g/mol. The van der Waals surface area contributed by atoms with Crippen molar-refractivity contribution in [3.05, 3.63) is 34.9 Å². The van der Waals surface area contributed by atoms with Gasteiger partial charge < -0.3 is 5.11 Å². The van der Waals surface area contributed by atoms with E-state index in [0.717, 1.165) is 6.42 Å². The minimum atomic E-state index is -0.204. The molecule has 1 aliphatic rings. The Morgan fingerprint density at radius 3 is 2.67 bits per heavy atom. The highest BCUT2D eigenvalue weighted by Gasteiger charge is 2.14. The number of benzene rings is 1. The molecule has 1 atom stereocenters. The largest absolute Gasteiger partial charge is 0.393 e. The molecule has 2 rings (SSSR count). The summed E-state index contributed by atoms with van der Waals surface area (Å²) >= 11 is 0. The quantitative estimate of drug-likeness (QED) is 0.802. The van der Waals surface area contributed by atoms with Crippen LogP contribution in [-0.4, -0.2) is 11.2 Å². The van der Waals surface area contributed by atoms with Crippen LogP contribution in [0.4, 0.5) is 0 Å². The monoisotopic (exact) mass is 204 g/mol. The molecule has 1 N–H and O–H groups in total. The molecule has 0 amide bonds. The number of aliphatic hydroxyl groups is 1. The van der Waals surface area contributed by atoms with Gasteiger partial charge in [-0.25, -0.2) is 0 Å². The van der Waals surface area contributed by atoms with Crippen molar-refractivity contribution < 1.29 is 5.11 Å². The van der Waals surface area contributed by atoms with Crippen molar-refractivity contribution >= 4 is 0 Å². The van der Waals surface area contributed by atoms with Crippen LogP contribution < -0.4 is 0 Å². The van der Waals surface area contributed by atoms with Crippen molar-refractivity contribution in [2.75, 3.05) is 0 Å². The molecule has 0 saturated heterocycles. The number of hydrogen-bond acceptors (Lipinski definition) is 1. The van der Waals surface area contributed by atoms with Gasteiger partial charge in [0.1, 0.15) is 0 Å². The summed E-state index contributed by atoms with van der Waals surface area (Å²) in [5.74, 6) is 0.346. The van der Waals surface area contributed by atoms with E-state index in [9.17, 15) is 5.11 Å². The molecule has 0 fully saturated rings. The molecule has 0 aromatic heterocycles. The van der Waals surface area contributed by atoms with Gasteiger partial charge in [0.15, 0.2) is 0 Å². The Bertz CT molecular complexity index is 341. The van der Waals surface area contributed by atoms with Crippen LogP contribution in [0.2, 0.25) is 0 Å². The van der Waals surface area contributed by atoms with Crippen molar-refractivity contribution in [1.29, 1.82) is 0 Å². The van der Waals surface area contributed by atoms with Gasteiger partial charge in [-0.1, -0.05) is 32.0 Å². The maximum Gasteiger partial charge on any atom is 0.0603 e. The van der Waals surface area contributed by atoms with E-state index in [1.807, 2.05) is 0 Å². The van der Waals surface area contributed by atoms with Gasteiger partial charge in [0.05, 0.1) is 6.10 Å². The molecule has 0 saturated carbocycles. The summed E-state index contributed by atoms with van der Waals surface area (Å²) in [6.45, 7) is 4.13. The standard InChI is InChI=1S/C14H20O/c1-10(2)14(15)9-11-6-7-12-4-3-5-13(12)8-11/h6-8,10,14-15H,3-5,9H2,1-2H3. The molecule has 1 aromatic rings. The van der Waals surface area contributed by atoms with Gasteiger partial charge in [-0.3, -0.25) is 0 Å². The third-order valence-corrected chi connectivity index (χ3v) is 3.38. The lowest BCUT2D eigenvalue weighted by molar-refractivity contribution is 0.125. The maximum atomic E-state index is 9.83. The van der Waals surface area contributed by atoms with Crippen LogP contribution in [-0.2, 0) is 19.3 Å². The Morgan fingerprint density at radius 2 is 1.93 bits per heavy atom. The first-order chi connectivity index (χ1) is 7.16. The zero-order valence-electron chi connectivity index (χ0n) is 9.66. The zero-order chi connectivity index (χ0) is 10.8. The van der Waals surface area contributed by atoms with Gasteiger partial charge >= 0.3 is 0 Å². The first kappa shape index (κ1) is 10.7. The van der Waals surface area contributed by atoms with Crippen LogP contribution in [0, 0.1) is 5.92 Å². The molecule has 1 heteroatoms. The zero-order valence-corrected chi connectivity index (χ0v) is 9.66. The third kappa shape index (κ3) is 2.40. The number of rotatable bonds is 3. The molecule has 1 unspecified atom stereocenters. The van der Waals surface area contributed by atoms with Crippen LogP contribution in [0.5, 0.6) is 0 Å². The van der Waals surface area contributed by atoms with E-state index in [-0.39, 0.29) is 6.10 Å². The topological polar surface area (TPSA) is 20.2 Å². The van der Waals surface area contributed by atoms with Crippen molar-refractivity contribution in [3.8, 4) is 0 Å². The van der Waals surface area contributed by atoms with Crippen LogP contribution in [0.15, 0.2) is 18.2 Å². The fourth-order valence-corrected chi connectivity index (χ4v) is 2.23. The van der Waals surface area contributed by atoms with Crippen LogP contribution >= 0.6 is 0 Å². The highest BCUT2D eigenvalue weighted by molar-refractivity contribution is 5.35. The Hall–Kier alpha value is -0.820. The minimum Gasteiger partial charge on any atom is -0.393 e. The third-order valence-electron chi connectivity index (χ3n) is 3.38. The molecular formula is C14H20O. The molecule has 0 radical (unpaired) electrons. The van der Waals surface area contributed by atoms with Crippen molar-refractivity contribution in [3.63, 3.8) is 0 Å². The number of aryl methyl sites for hydroxylation is 2. The fraction of sp³-hybridized carbons (Fsp3) is 0.571. The molecule has 0 bridgehead atoms. The van der Waals surface area contributed by atoms with E-state index < -0.39 is 0 Å². The lowest BCUT2D eigenvalue weighted by Gasteiger charge is -2.14. The highest BCUT2D eigenvalue weighted by Crippen LogP contribution is 2.23. The molecule has 1 aliphatic carbocycles. The van der Waals surface area contributed by atoms with E-state index in [1.54, 1.807) is 0 Å². The van der Waals surface area contributed by atoms with Crippen LogP contribution in [0.1, 0.15) is 37.0 Å². The second-order valence-electron chi connectivity index (χ2n) is 4.97. The average Bonchev–Trinajstić information content (AvgIpc) is 2.64. The minimum absolute atomic E-state index is 0.204.